The Labute approximate surface area is 243 Å². The van der Waals surface area contributed by atoms with Gasteiger partial charge in [-0.15, -0.1) is 12.4 Å². The summed E-state index contributed by atoms with van der Waals surface area (Å²) in [6.45, 7) is 6.96. The van der Waals surface area contributed by atoms with Crippen molar-refractivity contribution in [1.29, 1.82) is 0 Å². The van der Waals surface area contributed by atoms with E-state index in [4.69, 9.17) is 15.2 Å². The van der Waals surface area contributed by atoms with Crippen LogP contribution in [0.5, 0.6) is 0 Å². The first-order valence-corrected chi connectivity index (χ1v) is 13.9. The highest BCUT2D eigenvalue weighted by atomic mass is 35.5. The molecule has 1 saturated heterocycles. The second kappa shape index (κ2) is 13.6. The Balaban J connectivity index is 0.00000441. The number of nitrogens with one attached hydrogen (secondary N) is 1. The molecule has 2 amide bonds. The average Bonchev–Trinajstić information content (AvgIpc) is 3.20. The van der Waals surface area contributed by atoms with Crippen molar-refractivity contribution >= 4 is 30.2 Å². The summed E-state index contributed by atoms with van der Waals surface area (Å²) in [5.41, 5.74) is 8.30. The maximum Gasteiger partial charge on any atom is 0.306 e. The Hall–Kier alpha value is -2.94. The molecule has 0 radical (unpaired) electrons. The van der Waals surface area contributed by atoms with Gasteiger partial charge >= 0.3 is 5.97 Å². The van der Waals surface area contributed by atoms with Gasteiger partial charge in [-0.1, -0.05) is 54.6 Å². The molecule has 0 saturated carbocycles. The lowest BCUT2D eigenvalue weighted by Crippen LogP contribution is -2.59. The van der Waals surface area contributed by atoms with Crippen molar-refractivity contribution in [1.82, 2.24) is 10.2 Å². The maximum atomic E-state index is 13.7. The quantitative estimate of drug-likeness (QED) is 0.419. The van der Waals surface area contributed by atoms with Gasteiger partial charge in [0.1, 0.15) is 6.04 Å². The first kappa shape index (κ1) is 31.6. The number of hydrogen-bond acceptors (Lipinski definition) is 6. The third-order valence-corrected chi connectivity index (χ3v) is 7.94. The maximum absolute atomic E-state index is 13.7. The second-order valence-corrected chi connectivity index (χ2v) is 11.4. The van der Waals surface area contributed by atoms with Crippen LogP contribution in [-0.4, -0.2) is 60.6 Å². The lowest BCUT2D eigenvalue weighted by molar-refractivity contribution is -0.143. The number of carbonyl (C=O) groups is 3. The van der Waals surface area contributed by atoms with E-state index in [0.717, 1.165) is 24.8 Å². The summed E-state index contributed by atoms with van der Waals surface area (Å²) in [6, 6.07) is 17.2. The Morgan fingerprint density at radius 1 is 1.07 bits per heavy atom. The number of fused-ring (bicyclic) bond motifs is 2. The summed E-state index contributed by atoms with van der Waals surface area (Å²) in [5.74, 6) is -0.611. The molecule has 0 bridgehead atoms. The summed E-state index contributed by atoms with van der Waals surface area (Å²) in [6.07, 6.45) is 2.83. The van der Waals surface area contributed by atoms with Gasteiger partial charge in [-0.25, -0.2) is 0 Å². The van der Waals surface area contributed by atoms with Gasteiger partial charge in [-0.3, -0.25) is 14.4 Å². The molecule has 2 aromatic rings. The van der Waals surface area contributed by atoms with Crippen LogP contribution < -0.4 is 11.1 Å². The minimum absolute atomic E-state index is 0. The molecule has 2 aromatic carbocycles. The molecule has 40 heavy (non-hydrogen) atoms. The van der Waals surface area contributed by atoms with E-state index in [1.165, 1.54) is 11.1 Å². The Morgan fingerprint density at radius 2 is 1.73 bits per heavy atom. The zero-order chi connectivity index (χ0) is 28.0. The summed E-state index contributed by atoms with van der Waals surface area (Å²) < 4.78 is 11.1. The van der Waals surface area contributed by atoms with E-state index in [1.807, 2.05) is 48.2 Å². The van der Waals surface area contributed by atoms with Crippen molar-refractivity contribution in [2.45, 2.75) is 76.0 Å². The number of benzene rings is 2. The minimum Gasteiger partial charge on any atom is -0.466 e. The van der Waals surface area contributed by atoms with E-state index in [0.29, 0.717) is 32.7 Å². The van der Waals surface area contributed by atoms with Crippen LogP contribution >= 0.6 is 12.4 Å². The molecule has 4 rings (SSSR count). The van der Waals surface area contributed by atoms with Crippen LogP contribution in [-0.2, 0) is 35.9 Å². The van der Waals surface area contributed by atoms with Gasteiger partial charge in [0.25, 0.3) is 0 Å². The van der Waals surface area contributed by atoms with Crippen molar-refractivity contribution in [3.05, 3.63) is 71.3 Å². The number of nitrogens with two attached hydrogens (primary N) is 1. The SMILES string of the molecule is CCOC(=O)CC1CC2(CCN(C(=O)[C@@H](COCc3ccccc3)NC(=O)C(C)(C)N)CC2)c2ccccc21.Cl. The number of esters is 1. The highest BCUT2D eigenvalue weighted by Crippen LogP contribution is 2.52. The Kier molecular flexibility index (Phi) is 10.8. The molecule has 3 N–H and O–H groups in total. The molecular weight excluding hydrogens is 530 g/mol. The molecule has 1 aliphatic heterocycles. The molecule has 8 nitrogen and oxygen atoms in total. The van der Waals surface area contributed by atoms with Crippen molar-refractivity contribution in [3.8, 4) is 0 Å². The fraction of sp³-hybridized carbons (Fsp3) is 0.516. The third-order valence-electron chi connectivity index (χ3n) is 7.94. The average molecular weight is 572 g/mol. The highest BCUT2D eigenvalue weighted by molar-refractivity contribution is 5.91. The first-order chi connectivity index (χ1) is 18.6. The summed E-state index contributed by atoms with van der Waals surface area (Å²) in [4.78, 5) is 40.5. The number of hydrogen-bond donors (Lipinski definition) is 2. The van der Waals surface area contributed by atoms with Crippen LogP contribution in [0.1, 0.15) is 69.1 Å². The largest absolute Gasteiger partial charge is 0.466 e. The summed E-state index contributed by atoms with van der Waals surface area (Å²) in [7, 11) is 0. The number of nitrogens with zero attached hydrogens (tertiary/aromatic N) is 1. The normalized spacial score (nSPS) is 18.4. The Morgan fingerprint density at radius 3 is 2.38 bits per heavy atom. The van der Waals surface area contributed by atoms with Gasteiger partial charge in [-0.2, -0.15) is 0 Å². The van der Waals surface area contributed by atoms with Crippen molar-refractivity contribution in [2.24, 2.45) is 5.73 Å². The van der Waals surface area contributed by atoms with Crippen LogP contribution in [0.15, 0.2) is 54.6 Å². The van der Waals surface area contributed by atoms with Gasteiger partial charge < -0.3 is 25.4 Å². The molecule has 2 atom stereocenters. The lowest BCUT2D eigenvalue weighted by atomic mass is 9.73. The molecule has 1 spiro atoms. The van der Waals surface area contributed by atoms with Crippen molar-refractivity contribution < 1.29 is 23.9 Å². The van der Waals surface area contributed by atoms with E-state index in [9.17, 15) is 14.4 Å². The van der Waals surface area contributed by atoms with Crippen molar-refractivity contribution in [3.63, 3.8) is 0 Å². The number of amides is 2. The number of halogens is 1. The van der Waals surface area contributed by atoms with E-state index >= 15 is 0 Å². The third kappa shape index (κ3) is 7.42. The Bertz CT molecular complexity index is 1160. The summed E-state index contributed by atoms with van der Waals surface area (Å²) >= 11 is 0. The van der Waals surface area contributed by atoms with Gasteiger partial charge in [0.15, 0.2) is 0 Å². The minimum atomic E-state index is -1.12. The molecule has 1 unspecified atom stereocenters. The molecule has 1 aliphatic carbocycles. The topological polar surface area (TPSA) is 111 Å². The van der Waals surface area contributed by atoms with E-state index in [1.54, 1.807) is 13.8 Å². The van der Waals surface area contributed by atoms with Crippen LogP contribution in [0, 0.1) is 0 Å². The van der Waals surface area contributed by atoms with Crippen LogP contribution in [0.2, 0.25) is 0 Å². The van der Waals surface area contributed by atoms with Crippen LogP contribution in [0.25, 0.3) is 0 Å². The zero-order valence-electron chi connectivity index (χ0n) is 23.7. The second-order valence-electron chi connectivity index (χ2n) is 11.4. The number of rotatable bonds is 10. The molecule has 0 aromatic heterocycles. The number of piperidine rings is 1. The van der Waals surface area contributed by atoms with Crippen LogP contribution in [0.4, 0.5) is 0 Å². The molecule has 2 aliphatic rings. The fourth-order valence-electron chi connectivity index (χ4n) is 5.87. The standard InChI is InChI=1S/C31H41N3O5.ClH/c1-4-39-27(35)18-23-19-31(25-13-9-8-12-24(23)25)14-16-34(17-15-31)28(36)26(33-29(37)30(2,3)32)21-38-20-22-10-6-5-7-11-22;/h5-13,23,26H,4,14-21,32H2,1-3H3,(H,33,37);1H/t23?,26-;/m1./s1. The van der Waals surface area contributed by atoms with Gasteiger partial charge in [0, 0.05) is 13.1 Å². The van der Waals surface area contributed by atoms with Gasteiger partial charge in [0.05, 0.1) is 31.8 Å². The number of carbonyl (C=O) groups excluding carboxylic acids is 3. The highest BCUT2D eigenvalue weighted by Gasteiger charge is 2.47. The molecular formula is C31H42ClN3O5. The molecule has 9 heteroatoms. The van der Waals surface area contributed by atoms with Crippen LogP contribution in [0.3, 0.4) is 0 Å². The smallest absolute Gasteiger partial charge is 0.306 e. The predicted octanol–water partition coefficient (Wildman–Crippen LogP) is 3.85. The fourth-order valence-corrected chi connectivity index (χ4v) is 5.87. The molecule has 218 valence electrons. The number of likely N-dealkylation sites (tertiary alicyclic amines) is 1. The van der Waals surface area contributed by atoms with E-state index in [2.05, 4.69) is 23.5 Å². The van der Waals surface area contributed by atoms with Gasteiger partial charge in [-0.05, 0) is 68.1 Å². The number of ether oxygens (including phenoxy) is 2. The zero-order valence-corrected chi connectivity index (χ0v) is 24.5. The van der Waals surface area contributed by atoms with E-state index in [-0.39, 0.29) is 42.2 Å². The molecule has 1 fully saturated rings. The van der Waals surface area contributed by atoms with Gasteiger partial charge in [0.2, 0.25) is 11.8 Å². The predicted molar refractivity (Wildman–Crippen MR) is 156 cm³/mol. The first-order valence-electron chi connectivity index (χ1n) is 13.9. The lowest BCUT2D eigenvalue weighted by Gasteiger charge is -2.41. The summed E-state index contributed by atoms with van der Waals surface area (Å²) in [5, 5.41) is 2.83. The monoisotopic (exact) mass is 571 g/mol. The molecule has 1 heterocycles. The van der Waals surface area contributed by atoms with E-state index < -0.39 is 17.5 Å². The van der Waals surface area contributed by atoms with Crippen molar-refractivity contribution in [2.75, 3.05) is 26.3 Å².